The maximum Gasteiger partial charge on any atom is 0.256 e. The highest BCUT2D eigenvalue weighted by atomic mass is 19.1. The summed E-state index contributed by atoms with van der Waals surface area (Å²) in [5, 5.41) is 4.15. The zero-order valence-electron chi connectivity index (χ0n) is 14.3. The molecule has 1 aromatic carbocycles. The SMILES string of the molecule is O=C(c1ccc(F)cc1F)N1CCN(c2cc(-n3cccn3)ncn2)CC1. The van der Waals surface area contributed by atoms with Crippen molar-refractivity contribution in [1.29, 1.82) is 0 Å². The summed E-state index contributed by atoms with van der Waals surface area (Å²) in [5.74, 6) is -0.604. The Labute approximate surface area is 153 Å². The van der Waals surface area contributed by atoms with Crippen molar-refractivity contribution in [1.82, 2.24) is 24.6 Å². The van der Waals surface area contributed by atoms with Crippen molar-refractivity contribution in [2.75, 3.05) is 31.1 Å². The minimum absolute atomic E-state index is 0.118. The van der Waals surface area contributed by atoms with Gasteiger partial charge in [0.2, 0.25) is 0 Å². The van der Waals surface area contributed by atoms with Gasteiger partial charge >= 0.3 is 0 Å². The van der Waals surface area contributed by atoms with E-state index in [9.17, 15) is 13.6 Å². The molecular formula is C18H16F2N6O. The molecule has 0 atom stereocenters. The van der Waals surface area contributed by atoms with Gasteiger partial charge in [-0.1, -0.05) is 0 Å². The van der Waals surface area contributed by atoms with Crippen molar-refractivity contribution in [3.05, 3.63) is 66.3 Å². The standard InChI is InChI=1S/C18H16F2N6O/c19-13-2-3-14(15(20)10-13)18(27)25-8-6-24(7-9-25)16-11-17(22-12-21-16)26-5-1-4-23-26/h1-5,10-12H,6-9H2. The fraction of sp³-hybridized carbons (Fsp3) is 0.222. The highest BCUT2D eigenvalue weighted by molar-refractivity contribution is 5.94. The number of piperazine rings is 1. The van der Waals surface area contributed by atoms with Gasteiger partial charge in [-0.2, -0.15) is 5.10 Å². The quantitative estimate of drug-likeness (QED) is 0.705. The third-order valence-electron chi connectivity index (χ3n) is 4.43. The molecule has 0 spiro atoms. The zero-order valence-corrected chi connectivity index (χ0v) is 14.3. The summed E-state index contributed by atoms with van der Waals surface area (Å²) >= 11 is 0. The molecule has 1 fully saturated rings. The topological polar surface area (TPSA) is 67.2 Å². The van der Waals surface area contributed by atoms with Crippen LogP contribution in [0, 0.1) is 11.6 Å². The summed E-state index contributed by atoms with van der Waals surface area (Å²) in [6.45, 7) is 1.92. The minimum atomic E-state index is -0.845. The van der Waals surface area contributed by atoms with Gasteiger partial charge in [-0.25, -0.2) is 23.4 Å². The average Bonchev–Trinajstić information content (AvgIpc) is 3.23. The van der Waals surface area contributed by atoms with Crippen molar-refractivity contribution in [2.45, 2.75) is 0 Å². The lowest BCUT2D eigenvalue weighted by atomic mass is 10.1. The number of carbonyl (C=O) groups is 1. The van der Waals surface area contributed by atoms with Crippen molar-refractivity contribution in [3.63, 3.8) is 0 Å². The molecule has 1 aliphatic rings. The van der Waals surface area contributed by atoms with Crippen LogP contribution in [0.5, 0.6) is 0 Å². The molecule has 1 saturated heterocycles. The normalized spacial score (nSPS) is 14.4. The molecule has 9 heteroatoms. The van der Waals surface area contributed by atoms with Gasteiger partial charge in [0.15, 0.2) is 5.82 Å². The highest BCUT2D eigenvalue weighted by Gasteiger charge is 2.25. The second-order valence-electron chi connectivity index (χ2n) is 6.09. The van der Waals surface area contributed by atoms with E-state index in [1.165, 1.54) is 12.4 Å². The Balaban J connectivity index is 1.45. The number of hydrogen-bond acceptors (Lipinski definition) is 5. The monoisotopic (exact) mass is 370 g/mol. The molecule has 3 heterocycles. The van der Waals surface area contributed by atoms with Crippen LogP contribution in [0.4, 0.5) is 14.6 Å². The van der Waals surface area contributed by atoms with Crippen LogP contribution in [0.25, 0.3) is 5.82 Å². The predicted octanol–water partition coefficient (Wildman–Crippen LogP) is 1.90. The van der Waals surface area contributed by atoms with Crippen LogP contribution in [0.15, 0.2) is 49.1 Å². The lowest BCUT2D eigenvalue weighted by Gasteiger charge is -2.35. The average molecular weight is 370 g/mol. The molecule has 0 N–H and O–H groups in total. The maximum atomic E-state index is 13.9. The van der Waals surface area contributed by atoms with Gasteiger partial charge in [-0.15, -0.1) is 0 Å². The van der Waals surface area contributed by atoms with Gasteiger partial charge in [0.25, 0.3) is 5.91 Å². The van der Waals surface area contributed by atoms with Crippen molar-refractivity contribution >= 4 is 11.7 Å². The van der Waals surface area contributed by atoms with E-state index in [0.29, 0.717) is 32.0 Å². The summed E-state index contributed by atoms with van der Waals surface area (Å²) in [5.41, 5.74) is -0.118. The van der Waals surface area contributed by atoms with E-state index in [-0.39, 0.29) is 5.56 Å². The van der Waals surface area contributed by atoms with E-state index >= 15 is 0 Å². The van der Waals surface area contributed by atoms with Crippen LogP contribution < -0.4 is 4.90 Å². The number of carbonyl (C=O) groups excluding carboxylic acids is 1. The second kappa shape index (κ2) is 7.10. The third-order valence-corrected chi connectivity index (χ3v) is 4.43. The molecule has 138 valence electrons. The molecule has 1 aliphatic heterocycles. The summed E-state index contributed by atoms with van der Waals surface area (Å²) in [6.07, 6.45) is 4.93. The molecule has 0 aliphatic carbocycles. The summed E-state index contributed by atoms with van der Waals surface area (Å²) < 4.78 is 28.5. The first-order valence-corrected chi connectivity index (χ1v) is 8.43. The molecule has 27 heavy (non-hydrogen) atoms. The van der Waals surface area contributed by atoms with Crippen molar-refractivity contribution in [3.8, 4) is 5.82 Å². The summed E-state index contributed by atoms with van der Waals surface area (Å²) in [4.78, 5) is 24.6. The van der Waals surface area contributed by atoms with Crippen LogP contribution in [-0.2, 0) is 0 Å². The molecular weight excluding hydrogens is 354 g/mol. The number of halogens is 2. The van der Waals surface area contributed by atoms with Crippen LogP contribution >= 0.6 is 0 Å². The van der Waals surface area contributed by atoms with Crippen molar-refractivity contribution in [2.24, 2.45) is 0 Å². The lowest BCUT2D eigenvalue weighted by molar-refractivity contribution is 0.0741. The van der Waals surface area contributed by atoms with Gasteiger partial charge in [-0.05, 0) is 18.2 Å². The second-order valence-corrected chi connectivity index (χ2v) is 6.09. The Morgan fingerprint density at radius 3 is 2.48 bits per heavy atom. The number of benzene rings is 1. The van der Waals surface area contributed by atoms with Gasteiger partial charge in [0, 0.05) is 50.7 Å². The maximum absolute atomic E-state index is 13.9. The van der Waals surface area contributed by atoms with Crippen LogP contribution in [-0.4, -0.2) is 56.7 Å². The van der Waals surface area contributed by atoms with E-state index in [1.54, 1.807) is 28.0 Å². The fourth-order valence-electron chi connectivity index (χ4n) is 3.01. The van der Waals surface area contributed by atoms with E-state index in [1.807, 2.05) is 11.0 Å². The van der Waals surface area contributed by atoms with E-state index in [4.69, 9.17) is 0 Å². The highest BCUT2D eigenvalue weighted by Crippen LogP contribution is 2.18. The van der Waals surface area contributed by atoms with E-state index < -0.39 is 17.5 Å². The molecule has 3 aromatic rings. The molecule has 0 bridgehead atoms. The molecule has 7 nitrogen and oxygen atoms in total. The van der Waals surface area contributed by atoms with E-state index in [0.717, 1.165) is 18.0 Å². The van der Waals surface area contributed by atoms with Gasteiger partial charge in [0.05, 0.1) is 5.56 Å². The first-order valence-electron chi connectivity index (χ1n) is 8.43. The molecule has 0 unspecified atom stereocenters. The predicted molar refractivity (Wildman–Crippen MR) is 93.6 cm³/mol. The number of hydrogen-bond donors (Lipinski definition) is 0. The molecule has 0 radical (unpaired) electrons. The molecule has 2 aromatic heterocycles. The number of rotatable bonds is 3. The third kappa shape index (κ3) is 3.48. The first-order chi connectivity index (χ1) is 13.1. The number of aromatic nitrogens is 4. The van der Waals surface area contributed by atoms with Gasteiger partial charge in [0.1, 0.15) is 23.8 Å². The van der Waals surface area contributed by atoms with E-state index in [2.05, 4.69) is 15.1 Å². The Morgan fingerprint density at radius 2 is 1.78 bits per heavy atom. The minimum Gasteiger partial charge on any atom is -0.353 e. The lowest BCUT2D eigenvalue weighted by Crippen LogP contribution is -2.49. The summed E-state index contributed by atoms with van der Waals surface area (Å²) in [6, 6.07) is 6.62. The Bertz CT molecular complexity index is 954. The number of nitrogens with zero attached hydrogens (tertiary/aromatic N) is 6. The Morgan fingerprint density at radius 1 is 1.00 bits per heavy atom. The summed E-state index contributed by atoms with van der Waals surface area (Å²) in [7, 11) is 0. The number of anilines is 1. The number of amides is 1. The van der Waals surface area contributed by atoms with Crippen molar-refractivity contribution < 1.29 is 13.6 Å². The fourth-order valence-corrected chi connectivity index (χ4v) is 3.01. The largest absolute Gasteiger partial charge is 0.353 e. The molecule has 4 rings (SSSR count). The van der Waals surface area contributed by atoms with Crippen LogP contribution in [0.3, 0.4) is 0 Å². The van der Waals surface area contributed by atoms with Crippen LogP contribution in [0.1, 0.15) is 10.4 Å². The zero-order chi connectivity index (χ0) is 18.8. The smallest absolute Gasteiger partial charge is 0.256 e. The van der Waals surface area contributed by atoms with Gasteiger partial charge < -0.3 is 9.80 Å². The van der Waals surface area contributed by atoms with Crippen LogP contribution in [0.2, 0.25) is 0 Å². The first kappa shape index (κ1) is 17.1. The Hall–Kier alpha value is -3.36. The molecule has 0 saturated carbocycles. The molecule has 1 amide bonds. The Kier molecular flexibility index (Phi) is 4.49. The van der Waals surface area contributed by atoms with Gasteiger partial charge in [-0.3, -0.25) is 4.79 Å².